The average molecular weight is 341 g/mol. The van der Waals surface area contributed by atoms with Gasteiger partial charge in [-0.15, -0.1) is 0 Å². The number of aromatic nitrogens is 1. The van der Waals surface area contributed by atoms with E-state index in [1.165, 1.54) is 4.90 Å². The van der Waals surface area contributed by atoms with Crippen molar-refractivity contribution in [3.63, 3.8) is 0 Å². The Kier molecular flexibility index (Phi) is 4.83. The fraction of sp³-hybridized carbons (Fsp3) is 0.278. The van der Waals surface area contributed by atoms with Gasteiger partial charge in [0.05, 0.1) is 19.9 Å². The van der Waals surface area contributed by atoms with Gasteiger partial charge in [-0.25, -0.2) is 0 Å². The van der Waals surface area contributed by atoms with Crippen LogP contribution in [-0.4, -0.2) is 47.5 Å². The first-order chi connectivity index (χ1) is 12.1. The summed E-state index contributed by atoms with van der Waals surface area (Å²) in [6, 6.07) is 9.56. The van der Waals surface area contributed by atoms with Gasteiger partial charge in [-0.3, -0.25) is 14.6 Å². The van der Waals surface area contributed by atoms with E-state index in [0.29, 0.717) is 23.5 Å². The number of carbonyl (C=O) groups is 2. The molecule has 0 saturated carbocycles. The third-order valence-corrected chi connectivity index (χ3v) is 4.13. The van der Waals surface area contributed by atoms with Crippen molar-refractivity contribution in [3.05, 3.63) is 54.4 Å². The van der Waals surface area contributed by atoms with E-state index >= 15 is 0 Å². The molecule has 1 saturated heterocycles. The molecule has 2 N–H and O–H groups in total. The smallest absolute Gasteiger partial charge is 0.254 e. The van der Waals surface area contributed by atoms with Crippen molar-refractivity contribution in [2.24, 2.45) is 5.73 Å². The van der Waals surface area contributed by atoms with Gasteiger partial charge in [0.15, 0.2) is 0 Å². The maximum absolute atomic E-state index is 12.8. The molecular weight excluding hydrogens is 322 g/mol. The van der Waals surface area contributed by atoms with Crippen LogP contribution < -0.4 is 15.2 Å². The predicted octanol–water partition coefficient (Wildman–Crippen LogP) is 1.24. The van der Waals surface area contributed by atoms with Crippen LogP contribution in [0.5, 0.6) is 11.5 Å². The molecule has 0 radical (unpaired) electrons. The summed E-state index contributed by atoms with van der Waals surface area (Å²) in [6.07, 6.45) is 3.27. The summed E-state index contributed by atoms with van der Waals surface area (Å²) in [4.78, 5) is 30.0. The monoisotopic (exact) mass is 341 g/mol. The first-order valence-corrected chi connectivity index (χ1v) is 7.89. The molecule has 7 nitrogen and oxygen atoms in total. The zero-order valence-corrected chi connectivity index (χ0v) is 13.8. The minimum atomic E-state index is -0.698. The average Bonchev–Trinajstić information content (AvgIpc) is 3.06. The maximum Gasteiger partial charge on any atom is 0.254 e. The highest BCUT2D eigenvalue weighted by atomic mass is 16.5. The van der Waals surface area contributed by atoms with Gasteiger partial charge in [-0.05, 0) is 36.4 Å². The zero-order chi connectivity index (χ0) is 17.8. The molecule has 0 unspecified atom stereocenters. The van der Waals surface area contributed by atoms with Crippen LogP contribution in [0.2, 0.25) is 0 Å². The van der Waals surface area contributed by atoms with Gasteiger partial charge in [0, 0.05) is 18.2 Å². The van der Waals surface area contributed by atoms with Crippen molar-refractivity contribution in [2.45, 2.75) is 18.6 Å². The number of pyridine rings is 1. The summed E-state index contributed by atoms with van der Waals surface area (Å²) in [5.74, 6) is 0.444. The highest BCUT2D eigenvalue weighted by Gasteiger charge is 2.40. The van der Waals surface area contributed by atoms with Gasteiger partial charge in [-0.1, -0.05) is 0 Å². The molecule has 2 aromatic rings. The molecule has 0 spiro atoms. The largest absolute Gasteiger partial charge is 0.497 e. The van der Waals surface area contributed by atoms with Gasteiger partial charge >= 0.3 is 0 Å². The number of rotatable bonds is 5. The lowest BCUT2D eigenvalue weighted by Gasteiger charge is -2.22. The number of carbonyl (C=O) groups excluding carboxylic acids is 2. The van der Waals surface area contributed by atoms with E-state index < -0.39 is 11.9 Å². The quantitative estimate of drug-likeness (QED) is 0.883. The lowest BCUT2D eigenvalue weighted by Crippen LogP contribution is -2.43. The number of nitrogens with two attached hydrogens (primary N) is 1. The number of hydrogen-bond acceptors (Lipinski definition) is 5. The van der Waals surface area contributed by atoms with Gasteiger partial charge in [0.25, 0.3) is 5.91 Å². The number of likely N-dealkylation sites (tertiary alicyclic amines) is 1. The molecular formula is C18H19N3O4. The number of amides is 2. The number of ether oxygens (including phenoxy) is 2. The number of hydrogen-bond donors (Lipinski definition) is 1. The Morgan fingerprint density at radius 2 is 1.96 bits per heavy atom. The zero-order valence-electron chi connectivity index (χ0n) is 13.8. The lowest BCUT2D eigenvalue weighted by atomic mass is 10.1. The Bertz CT molecular complexity index is 749. The third-order valence-electron chi connectivity index (χ3n) is 4.13. The summed E-state index contributed by atoms with van der Waals surface area (Å²) < 4.78 is 10.9. The molecule has 2 amide bonds. The van der Waals surface area contributed by atoms with Crippen molar-refractivity contribution < 1.29 is 19.1 Å². The van der Waals surface area contributed by atoms with E-state index in [2.05, 4.69) is 4.98 Å². The van der Waals surface area contributed by atoms with Gasteiger partial charge in [0.1, 0.15) is 23.6 Å². The molecule has 2 atom stereocenters. The van der Waals surface area contributed by atoms with Crippen LogP contribution in [0.4, 0.5) is 0 Å². The van der Waals surface area contributed by atoms with Crippen molar-refractivity contribution in [2.75, 3.05) is 13.7 Å². The SMILES string of the molecule is COc1ccc(C(=O)N2C[C@@H](Oc3cccnc3)C[C@H]2C(N)=O)cc1. The van der Waals surface area contributed by atoms with Crippen LogP contribution in [0, 0.1) is 0 Å². The first kappa shape index (κ1) is 16.8. The highest BCUT2D eigenvalue weighted by molar-refractivity contribution is 5.97. The fourth-order valence-electron chi connectivity index (χ4n) is 2.89. The van der Waals surface area contributed by atoms with Crippen LogP contribution in [0.3, 0.4) is 0 Å². The highest BCUT2D eigenvalue weighted by Crippen LogP contribution is 2.25. The van der Waals surface area contributed by atoms with E-state index in [9.17, 15) is 9.59 Å². The van der Waals surface area contributed by atoms with Crippen LogP contribution in [-0.2, 0) is 4.79 Å². The molecule has 130 valence electrons. The van der Waals surface area contributed by atoms with E-state index in [4.69, 9.17) is 15.2 Å². The second-order valence-electron chi connectivity index (χ2n) is 5.77. The van der Waals surface area contributed by atoms with E-state index in [-0.39, 0.29) is 18.6 Å². The van der Waals surface area contributed by atoms with Crippen LogP contribution in [0.1, 0.15) is 16.8 Å². The molecule has 1 fully saturated rings. The Labute approximate surface area is 145 Å². The van der Waals surface area contributed by atoms with Crippen LogP contribution in [0.25, 0.3) is 0 Å². The lowest BCUT2D eigenvalue weighted by molar-refractivity contribution is -0.121. The van der Waals surface area contributed by atoms with Crippen molar-refractivity contribution in [1.29, 1.82) is 0 Å². The van der Waals surface area contributed by atoms with E-state index in [0.717, 1.165) is 0 Å². The van der Waals surface area contributed by atoms with Crippen LogP contribution in [0.15, 0.2) is 48.8 Å². The Morgan fingerprint density at radius 1 is 1.20 bits per heavy atom. The molecule has 25 heavy (non-hydrogen) atoms. The second kappa shape index (κ2) is 7.21. The Balaban J connectivity index is 1.76. The summed E-state index contributed by atoms with van der Waals surface area (Å²) >= 11 is 0. The molecule has 1 aromatic heterocycles. The molecule has 3 rings (SSSR count). The van der Waals surface area contributed by atoms with Gasteiger partial charge in [0.2, 0.25) is 5.91 Å². The standard InChI is InChI=1S/C18H19N3O4/c1-24-13-6-4-12(5-7-13)18(23)21-11-15(9-16(21)17(19)22)25-14-3-2-8-20-10-14/h2-8,10,15-16H,9,11H2,1H3,(H2,19,22)/t15-,16-/m0/s1. The number of primary amides is 1. The predicted molar refractivity (Wildman–Crippen MR) is 90.3 cm³/mol. The minimum Gasteiger partial charge on any atom is -0.497 e. The molecule has 1 aliphatic heterocycles. The summed E-state index contributed by atoms with van der Waals surface area (Å²) in [5, 5.41) is 0. The van der Waals surface area contributed by atoms with E-state index in [1.54, 1.807) is 55.9 Å². The molecule has 1 aromatic carbocycles. The fourth-order valence-corrected chi connectivity index (χ4v) is 2.89. The van der Waals surface area contributed by atoms with Crippen LogP contribution >= 0.6 is 0 Å². The topological polar surface area (TPSA) is 94.8 Å². The molecule has 1 aliphatic rings. The Morgan fingerprint density at radius 3 is 2.56 bits per heavy atom. The van der Waals surface area contributed by atoms with Gasteiger partial charge < -0.3 is 20.1 Å². The van der Waals surface area contributed by atoms with Crippen molar-refractivity contribution >= 4 is 11.8 Å². The number of methoxy groups -OCH3 is 1. The molecule has 2 heterocycles. The van der Waals surface area contributed by atoms with Gasteiger partial charge in [-0.2, -0.15) is 0 Å². The van der Waals surface area contributed by atoms with E-state index in [1.807, 2.05) is 0 Å². The summed E-state index contributed by atoms with van der Waals surface area (Å²) in [6.45, 7) is 0.285. The number of nitrogens with zero attached hydrogens (tertiary/aromatic N) is 2. The Hall–Kier alpha value is -3.09. The van der Waals surface area contributed by atoms with Crippen molar-refractivity contribution in [1.82, 2.24) is 9.88 Å². The maximum atomic E-state index is 12.8. The van der Waals surface area contributed by atoms with Crippen molar-refractivity contribution in [3.8, 4) is 11.5 Å². The minimum absolute atomic E-state index is 0.260. The third kappa shape index (κ3) is 3.71. The normalized spacial score (nSPS) is 19.5. The molecule has 7 heteroatoms. The molecule has 0 bridgehead atoms. The summed E-state index contributed by atoms with van der Waals surface area (Å²) in [7, 11) is 1.56. The molecule has 0 aliphatic carbocycles. The summed E-state index contributed by atoms with van der Waals surface area (Å²) in [5.41, 5.74) is 5.95. The second-order valence-corrected chi connectivity index (χ2v) is 5.77. The first-order valence-electron chi connectivity index (χ1n) is 7.89. The number of benzene rings is 1.